The van der Waals surface area contributed by atoms with Gasteiger partial charge in [-0.1, -0.05) is 39.0 Å². The molecule has 0 saturated heterocycles. The average molecular weight is 412 g/mol. The number of hydrogen-bond acceptors (Lipinski definition) is 4. The lowest BCUT2D eigenvalue weighted by Gasteiger charge is -2.15. The van der Waals surface area contributed by atoms with E-state index >= 15 is 0 Å². The van der Waals surface area contributed by atoms with Crippen LogP contribution in [0.2, 0.25) is 0 Å². The van der Waals surface area contributed by atoms with Crippen LogP contribution in [-0.2, 0) is 9.59 Å². The van der Waals surface area contributed by atoms with Crippen molar-refractivity contribution in [3.8, 4) is 5.75 Å². The van der Waals surface area contributed by atoms with Crippen LogP contribution in [0.1, 0.15) is 61.9 Å². The largest absolute Gasteiger partial charge is 0.483 e. The smallest absolute Gasteiger partial charge is 0.276 e. The lowest BCUT2D eigenvalue weighted by molar-refractivity contribution is -0.123. The van der Waals surface area contributed by atoms with Crippen molar-refractivity contribution in [2.45, 2.75) is 46.0 Å². The molecule has 2 aromatic rings. The van der Waals surface area contributed by atoms with E-state index < -0.39 is 11.8 Å². The van der Waals surface area contributed by atoms with Crippen molar-refractivity contribution in [1.29, 1.82) is 0 Å². The maximum atomic E-state index is 12.2. The Morgan fingerprint density at radius 3 is 2.30 bits per heavy atom. The number of nitrogens with one attached hydrogen (secondary N) is 3. The average Bonchev–Trinajstić information content (AvgIpc) is 2.76. The molecule has 0 saturated carbocycles. The summed E-state index contributed by atoms with van der Waals surface area (Å²) in [7, 11) is 0. The van der Waals surface area contributed by atoms with Crippen LogP contribution >= 0.6 is 0 Å². The van der Waals surface area contributed by atoms with E-state index in [-0.39, 0.29) is 12.5 Å². The number of rotatable bonds is 9. The van der Waals surface area contributed by atoms with Gasteiger partial charge in [0.1, 0.15) is 5.75 Å². The van der Waals surface area contributed by atoms with E-state index in [2.05, 4.69) is 30.0 Å². The van der Waals surface area contributed by atoms with Gasteiger partial charge in [0, 0.05) is 17.7 Å². The zero-order valence-corrected chi connectivity index (χ0v) is 17.7. The van der Waals surface area contributed by atoms with Gasteiger partial charge in [-0.2, -0.15) is 0 Å². The van der Waals surface area contributed by atoms with Gasteiger partial charge in [0.05, 0.1) is 0 Å². The molecule has 160 valence electrons. The van der Waals surface area contributed by atoms with Crippen molar-refractivity contribution in [2.75, 3.05) is 11.9 Å². The Balaban J connectivity index is 1.82. The first-order valence-corrected chi connectivity index (χ1v) is 10.1. The van der Waals surface area contributed by atoms with Crippen LogP contribution in [0.5, 0.6) is 5.75 Å². The number of ether oxygens (including phenoxy) is 1. The Morgan fingerprint density at radius 2 is 1.63 bits per heavy atom. The van der Waals surface area contributed by atoms with Gasteiger partial charge in [-0.25, -0.2) is 0 Å². The highest BCUT2D eigenvalue weighted by atomic mass is 16.5. The molecule has 0 heterocycles. The van der Waals surface area contributed by atoms with E-state index in [0.717, 1.165) is 18.4 Å². The second-order valence-electron chi connectivity index (χ2n) is 7.01. The van der Waals surface area contributed by atoms with Crippen molar-refractivity contribution in [3.63, 3.8) is 0 Å². The summed E-state index contributed by atoms with van der Waals surface area (Å²) in [5.41, 5.74) is 6.71. The fourth-order valence-electron chi connectivity index (χ4n) is 2.77. The Labute approximate surface area is 177 Å². The van der Waals surface area contributed by atoms with Gasteiger partial charge in [-0.3, -0.25) is 25.2 Å². The molecule has 7 heteroatoms. The van der Waals surface area contributed by atoms with E-state index in [9.17, 15) is 14.4 Å². The maximum absolute atomic E-state index is 12.2. The molecule has 0 aliphatic carbocycles. The third-order valence-electron chi connectivity index (χ3n) is 4.64. The first kappa shape index (κ1) is 22.9. The molecule has 2 rings (SSSR count). The summed E-state index contributed by atoms with van der Waals surface area (Å²) in [6.07, 6.45) is 2.17. The zero-order valence-electron chi connectivity index (χ0n) is 17.7. The first-order valence-electron chi connectivity index (χ1n) is 10.1. The standard InChI is InChI=1S/C23H29N3O4/c1-4-8-21(27)24-18-13-11-17(12-14-18)23(29)26-25-22(28)15-30-20-10-7-6-9-19(20)16(3)5-2/h6-7,9-14,16H,4-5,8,15H2,1-3H3,(H,24,27)(H,25,28)(H,26,29). The van der Waals surface area contributed by atoms with Gasteiger partial charge in [-0.05, 0) is 54.7 Å². The van der Waals surface area contributed by atoms with Crippen molar-refractivity contribution in [3.05, 3.63) is 59.7 Å². The molecule has 3 N–H and O–H groups in total. The van der Waals surface area contributed by atoms with Gasteiger partial charge < -0.3 is 10.1 Å². The lowest BCUT2D eigenvalue weighted by Crippen LogP contribution is -2.43. The minimum absolute atomic E-state index is 0.0723. The van der Waals surface area contributed by atoms with Crippen LogP contribution in [0.4, 0.5) is 5.69 Å². The topological polar surface area (TPSA) is 96.5 Å². The summed E-state index contributed by atoms with van der Waals surface area (Å²) in [5, 5.41) is 2.75. The number of para-hydroxylation sites is 1. The fraction of sp³-hybridized carbons (Fsp3) is 0.348. The molecule has 3 amide bonds. The summed E-state index contributed by atoms with van der Waals surface area (Å²) in [6.45, 7) is 5.91. The summed E-state index contributed by atoms with van der Waals surface area (Å²) < 4.78 is 5.63. The Morgan fingerprint density at radius 1 is 0.933 bits per heavy atom. The summed E-state index contributed by atoms with van der Waals surface area (Å²) in [4.78, 5) is 35.8. The Kier molecular flexibility index (Phi) is 8.87. The third-order valence-corrected chi connectivity index (χ3v) is 4.64. The molecule has 30 heavy (non-hydrogen) atoms. The molecule has 1 atom stereocenters. The number of carbonyl (C=O) groups excluding carboxylic acids is 3. The SMILES string of the molecule is CCCC(=O)Nc1ccc(C(=O)NNC(=O)COc2ccccc2C(C)CC)cc1. The summed E-state index contributed by atoms with van der Waals surface area (Å²) in [5.74, 6) is -0.0230. The van der Waals surface area contributed by atoms with Crippen LogP contribution in [0.15, 0.2) is 48.5 Å². The quantitative estimate of drug-likeness (QED) is 0.547. The van der Waals surface area contributed by atoms with E-state index in [1.165, 1.54) is 0 Å². The van der Waals surface area contributed by atoms with E-state index in [4.69, 9.17) is 4.74 Å². The maximum Gasteiger partial charge on any atom is 0.276 e. The minimum Gasteiger partial charge on any atom is -0.483 e. The third kappa shape index (κ3) is 6.92. The van der Waals surface area contributed by atoms with Crippen LogP contribution < -0.4 is 20.9 Å². The van der Waals surface area contributed by atoms with Crippen molar-refractivity contribution in [2.24, 2.45) is 0 Å². The Bertz CT molecular complexity index is 865. The van der Waals surface area contributed by atoms with Crippen molar-refractivity contribution in [1.82, 2.24) is 10.9 Å². The molecule has 2 aromatic carbocycles. The van der Waals surface area contributed by atoms with Gasteiger partial charge in [0.25, 0.3) is 11.8 Å². The minimum atomic E-state index is -0.467. The number of benzene rings is 2. The lowest BCUT2D eigenvalue weighted by atomic mass is 9.98. The van der Waals surface area contributed by atoms with Crippen molar-refractivity contribution < 1.29 is 19.1 Å². The van der Waals surface area contributed by atoms with E-state index in [0.29, 0.717) is 29.3 Å². The highest BCUT2D eigenvalue weighted by Crippen LogP contribution is 2.28. The molecule has 1 unspecified atom stereocenters. The predicted molar refractivity (Wildman–Crippen MR) is 116 cm³/mol. The number of anilines is 1. The number of hydrogen-bond donors (Lipinski definition) is 3. The van der Waals surface area contributed by atoms with E-state index in [1.54, 1.807) is 24.3 Å². The molecule has 0 fully saturated rings. The summed E-state index contributed by atoms with van der Waals surface area (Å²) in [6, 6.07) is 14.0. The Hall–Kier alpha value is -3.35. The molecular formula is C23H29N3O4. The number of carbonyl (C=O) groups is 3. The van der Waals surface area contributed by atoms with Gasteiger partial charge >= 0.3 is 0 Å². The van der Waals surface area contributed by atoms with Crippen LogP contribution in [0, 0.1) is 0 Å². The van der Waals surface area contributed by atoms with Gasteiger partial charge in [0.15, 0.2) is 6.61 Å². The van der Waals surface area contributed by atoms with Crippen LogP contribution in [-0.4, -0.2) is 24.3 Å². The van der Waals surface area contributed by atoms with Gasteiger partial charge in [0.2, 0.25) is 5.91 Å². The molecule has 0 spiro atoms. The first-order chi connectivity index (χ1) is 14.4. The second kappa shape index (κ2) is 11.6. The zero-order chi connectivity index (χ0) is 21.9. The molecule has 7 nitrogen and oxygen atoms in total. The fourth-order valence-corrected chi connectivity index (χ4v) is 2.77. The predicted octanol–water partition coefficient (Wildman–Crippen LogP) is 3.78. The molecule has 0 radical (unpaired) electrons. The highest BCUT2D eigenvalue weighted by molar-refractivity contribution is 5.96. The second-order valence-corrected chi connectivity index (χ2v) is 7.01. The van der Waals surface area contributed by atoms with Crippen molar-refractivity contribution >= 4 is 23.4 Å². The van der Waals surface area contributed by atoms with E-state index in [1.807, 2.05) is 31.2 Å². The molecule has 0 bridgehead atoms. The number of amides is 3. The molecular weight excluding hydrogens is 382 g/mol. The highest BCUT2D eigenvalue weighted by Gasteiger charge is 2.12. The molecule has 0 aliphatic rings. The van der Waals surface area contributed by atoms with Gasteiger partial charge in [-0.15, -0.1) is 0 Å². The van der Waals surface area contributed by atoms with Crippen LogP contribution in [0.3, 0.4) is 0 Å². The normalized spacial score (nSPS) is 11.3. The molecule has 0 aromatic heterocycles. The van der Waals surface area contributed by atoms with Crippen LogP contribution in [0.25, 0.3) is 0 Å². The number of hydrazine groups is 1. The monoisotopic (exact) mass is 411 g/mol. The summed E-state index contributed by atoms with van der Waals surface area (Å²) >= 11 is 0. The molecule has 0 aliphatic heterocycles.